The molecule has 1 N–H and O–H groups in total. The van der Waals surface area contributed by atoms with Crippen molar-refractivity contribution in [3.63, 3.8) is 0 Å². The number of hydrogen-bond acceptors (Lipinski definition) is 8. The summed E-state index contributed by atoms with van der Waals surface area (Å²) >= 11 is 8.27. The lowest BCUT2D eigenvalue weighted by molar-refractivity contribution is -0.126. The molecule has 1 saturated heterocycles. The molecule has 44 heavy (non-hydrogen) atoms. The molecule has 1 aromatic carbocycles. The number of anilines is 2. The van der Waals surface area contributed by atoms with Gasteiger partial charge in [0.1, 0.15) is 11.6 Å². The molecule has 13 heteroatoms. The van der Waals surface area contributed by atoms with Crippen molar-refractivity contribution in [1.82, 2.24) is 24.4 Å². The largest absolute Gasteiger partial charge is 0.355 e. The summed E-state index contributed by atoms with van der Waals surface area (Å²) in [5, 5.41) is 3.41. The number of pyridine rings is 2. The van der Waals surface area contributed by atoms with Gasteiger partial charge in [-0.3, -0.25) is 14.6 Å². The van der Waals surface area contributed by atoms with Gasteiger partial charge in [0.05, 0.1) is 38.7 Å². The number of carbonyl (C=O) groups is 2. The molecule has 0 unspecified atom stereocenters. The molecule has 4 aromatic rings. The van der Waals surface area contributed by atoms with Gasteiger partial charge < -0.3 is 15.1 Å². The SMILES string of the molecule is C=CC(=O)N1CCN(c2nc(=O)n3c4nc(c(Cl)cc24)-c2c(F)cccc2NC(=O)CCSc2ccnc(C(C)C)c2-3)CC1. The lowest BCUT2D eigenvalue weighted by Crippen LogP contribution is -2.49. The molecule has 2 aliphatic rings. The van der Waals surface area contributed by atoms with Crippen LogP contribution in [0, 0.1) is 5.82 Å². The van der Waals surface area contributed by atoms with Gasteiger partial charge >= 0.3 is 5.69 Å². The zero-order valence-corrected chi connectivity index (χ0v) is 25.7. The number of thioether (sulfide) groups is 1. The number of aromatic nitrogens is 4. The molecule has 226 valence electrons. The maximum absolute atomic E-state index is 15.5. The van der Waals surface area contributed by atoms with E-state index >= 15 is 4.39 Å². The molecule has 10 nitrogen and oxygen atoms in total. The first-order valence-electron chi connectivity index (χ1n) is 14.2. The van der Waals surface area contributed by atoms with E-state index in [1.165, 1.54) is 34.5 Å². The zero-order chi connectivity index (χ0) is 31.1. The molecule has 6 rings (SSSR count). The second-order valence-corrected chi connectivity index (χ2v) is 12.3. The average Bonchev–Trinajstić information content (AvgIpc) is 3.01. The van der Waals surface area contributed by atoms with Crippen LogP contribution in [-0.4, -0.2) is 68.2 Å². The van der Waals surface area contributed by atoms with Crippen LogP contribution in [0.1, 0.15) is 31.9 Å². The lowest BCUT2D eigenvalue weighted by atomic mass is 10.1. The van der Waals surface area contributed by atoms with Crippen LogP contribution >= 0.6 is 23.4 Å². The van der Waals surface area contributed by atoms with Crippen LogP contribution in [0.5, 0.6) is 0 Å². The van der Waals surface area contributed by atoms with Gasteiger partial charge in [-0.15, -0.1) is 11.8 Å². The van der Waals surface area contributed by atoms with Gasteiger partial charge in [-0.05, 0) is 36.3 Å². The van der Waals surface area contributed by atoms with Crippen LogP contribution < -0.4 is 15.9 Å². The van der Waals surface area contributed by atoms with Gasteiger partial charge in [0, 0.05) is 49.4 Å². The van der Waals surface area contributed by atoms with Crippen LogP contribution in [0.25, 0.3) is 28.0 Å². The first-order chi connectivity index (χ1) is 21.2. The Morgan fingerprint density at radius 2 is 1.93 bits per heavy atom. The monoisotopic (exact) mass is 633 g/mol. The molecule has 0 radical (unpaired) electrons. The number of fused-ring (bicyclic) bond motifs is 5. The van der Waals surface area contributed by atoms with E-state index in [2.05, 4.69) is 21.9 Å². The number of hydrogen-bond donors (Lipinski definition) is 1. The average molecular weight is 634 g/mol. The number of benzene rings is 1. The summed E-state index contributed by atoms with van der Waals surface area (Å²) < 4.78 is 17.0. The fourth-order valence-corrected chi connectivity index (χ4v) is 6.78. The molecule has 3 aromatic heterocycles. The molecule has 1 fully saturated rings. The number of amides is 2. The maximum Gasteiger partial charge on any atom is 0.355 e. The van der Waals surface area contributed by atoms with Crippen LogP contribution in [0.2, 0.25) is 5.02 Å². The summed E-state index contributed by atoms with van der Waals surface area (Å²) in [6.45, 7) is 9.18. The number of halogens is 2. The van der Waals surface area contributed by atoms with Crippen LogP contribution in [0.4, 0.5) is 15.9 Å². The van der Waals surface area contributed by atoms with E-state index in [-0.39, 0.29) is 51.8 Å². The van der Waals surface area contributed by atoms with E-state index in [1.54, 1.807) is 29.3 Å². The summed E-state index contributed by atoms with van der Waals surface area (Å²) in [7, 11) is 0. The molecule has 0 atom stereocenters. The van der Waals surface area contributed by atoms with E-state index in [1.807, 2.05) is 18.7 Å². The highest BCUT2D eigenvalue weighted by Gasteiger charge is 2.28. The smallest absolute Gasteiger partial charge is 0.352 e. The minimum Gasteiger partial charge on any atom is -0.352 e. The lowest BCUT2D eigenvalue weighted by Gasteiger charge is -2.35. The molecule has 2 aliphatic heterocycles. The summed E-state index contributed by atoms with van der Waals surface area (Å²) in [4.78, 5) is 57.7. The highest BCUT2D eigenvalue weighted by molar-refractivity contribution is 7.99. The Labute approximate surface area is 262 Å². The minimum atomic E-state index is -0.628. The quantitative estimate of drug-likeness (QED) is 0.313. The van der Waals surface area contributed by atoms with Crippen molar-refractivity contribution in [1.29, 1.82) is 0 Å². The summed E-state index contributed by atoms with van der Waals surface area (Å²) in [6, 6.07) is 7.80. The molecule has 5 heterocycles. The van der Waals surface area contributed by atoms with E-state index in [0.717, 1.165) is 4.90 Å². The fourth-order valence-electron chi connectivity index (χ4n) is 5.54. The normalized spacial score (nSPS) is 15.2. The van der Waals surface area contributed by atoms with Crippen LogP contribution in [0.15, 0.2) is 58.9 Å². The predicted octanol–water partition coefficient (Wildman–Crippen LogP) is 5.03. The van der Waals surface area contributed by atoms with Crippen molar-refractivity contribution in [3.8, 4) is 16.9 Å². The van der Waals surface area contributed by atoms with Gasteiger partial charge in [0.2, 0.25) is 11.8 Å². The first kappa shape index (κ1) is 29.8. The Hall–Kier alpha value is -4.29. The van der Waals surface area contributed by atoms with Gasteiger partial charge in [-0.2, -0.15) is 4.98 Å². The minimum absolute atomic E-state index is 0.0176. The molecule has 0 aliphatic carbocycles. The van der Waals surface area contributed by atoms with Gasteiger partial charge in [0.25, 0.3) is 0 Å². The molecular weight excluding hydrogens is 605 g/mol. The Morgan fingerprint density at radius 3 is 2.66 bits per heavy atom. The van der Waals surface area contributed by atoms with E-state index in [9.17, 15) is 14.4 Å². The van der Waals surface area contributed by atoms with Crippen molar-refractivity contribution in [2.24, 2.45) is 0 Å². The van der Waals surface area contributed by atoms with Crippen molar-refractivity contribution < 1.29 is 14.0 Å². The summed E-state index contributed by atoms with van der Waals surface area (Å²) in [5.41, 5.74) is 1.10. The van der Waals surface area contributed by atoms with Crippen molar-refractivity contribution in [2.45, 2.75) is 31.1 Å². The summed E-state index contributed by atoms with van der Waals surface area (Å²) in [6.07, 6.45) is 3.10. The van der Waals surface area contributed by atoms with Crippen LogP contribution in [-0.2, 0) is 9.59 Å². The third-order valence-electron chi connectivity index (χ3n) is 7.66. The number of nitrogens with zero attached hydrogens (tertiary/aromatic N) is 6. The number of piperazine rings is 1. The Kier molecular flexibility index (Phi) is 8.12. The second-order valence-electron chi connectivity index (χ2n) is 10.8. The van der Waals surface area contributed by atoms with E-state index in [0.29, 0.717) is 54.5 Å². The maximum atomic E-state index is 15.5. The first-order valence-corrected chi connectivity index (χ1v) is 15.5. The Bertz CT molecular complexity index is 1890. The van der Waals surface area contributed by atoms with E-state index < -0.39 is 11.5 Å². The standard InChI is InChI=1S/C31H29ClFN7O3S/c1-4-24(42)38-11-13-39(14-12-38)29-18-16-19(32)27-25-20(33)6-5-7-21(25)35-23(41)9-15-44-22-8-10-34-26(17(2)3)28(22)40(30(18)36-27)31(43)37-29/h4-8,10,16-17H,1,9,11-15H2,2-3H3,(H,35,41). The van der Waals surface area contributed by atoms with E-state index in [4.69, 9.17) is 16.6 Å². The topological polar surface area (TPSA) is 113 Å². The van der Waals surface area contributed by atoms with Crippen molar-refractivity contribution in [2.75, 3.05) is 42.1 Å². The highest BCUT2D eigenvalue weighted by atomic mass is 35.5. The fraction of sp³-hybridized carbons (Fsp3) is 0.290. The number of rotatable bonds is 3. The third kappa shape index (κ3) is 5.32. The molecule has 2 bridgehead atoms. The predicted molar refractivity (Wildman–Crippen MR) is 170 cm³/mol. The van der Waals surface area contributed by atoms with Gasteiger partial charge in [0.15, 0.2) is 5.65 Å². The molecule has 2 amide bonds. The number of nitrogens with one attached hydrogen (secondary N) is 1. The molecule has 0 saturated carbocycles. The third-order valence-corrected chi connectivity index (χ3v) is 9.00. The Morgan fingerprint density at radius 1 is 1.16 bits per heavy atom. The zero-order valence-electron chi connectivity index (χ0n) is 24.1. The highest BCUT2D eigenvalue weighted by Crippen LogP contribution is 2.40. The second kappa shape index (κ2) is 12.0. The van der Waals surface area contributed by atoms with Crippen LogP contribution in [0.3, 0.4) is 0 Å². The number of carbonyl (C=O) groups excluding carboxylic acids is 2. The molecule has 0 spiro atoms. The summed E-state index contributed by atoms with van der Waals surface area (Å²) in [5.74, 6) is -0.408. The molecular formula is C31H29ClFN7O3S. The van der Waals surface area contributed by atoms with Gasteiger partial charge in [-0.1, -0.05) is 38.1 Å². The van der Waals surface area contributed by atoms with Crippen molar-refractivity contribution in [3.05, 3.63) is 76.2 Å². The van der Waals surface area contributed by atoms with Gasteiger partial charge in [-0.25, -0.2) is 18.7 Å². The van der Waals surface area contributed by atoms with Crippen molar-refractivity contribution >= 4 is 57.7 Å². The Balaban J connectivity index is 1.68.